The number of carbonyl (C=O) groups excluding carboxylic acids is 2. The molecule has 0 radical (unpaired) electrons. The standard InChI is InChI=1S/C12H13BrO4/c1-3-10(14)16-9-7-5-6-8(13)12(9)17-11(15)4-2/h5-7H,3-4H2,1-2H3. The summed E-state index contributed by atoms with van der Waals surface area (Å²) in [5.74, 6) is -0.281. The number of hydrogen-bond donors (Lipinski definition) is 0. The van der Waals surface area contributed by atoms with E-state index in [-0.39, 0.29) is 36.3 Å². The van der Waals surface area contributed by atoms with Crippen molar-refractivity contribution in [2.24, 2.45) is 0 Å². The summed E-state index contributed by atoms with van der Waals surface area (Å²) in [5, 5.41) is 0. The lowest BCUT2D eigenvalue weighted by Crippen LogP contribution is -2.10. The number of hydrogen-bond acceptors (Lipinski definition) is 4. The van der Waals surface area contributed by atoms with Crippen molar-refractivity contribution in [2.45, 2.75) is 26.7 Å². The van der Waals surface area contributed by atoms with Gasteiger partial charge in [0.15, 0.2) is 11.5 Å². The molecule has 0 heterocycles. The molecule has 1 rings (SSSR count). The quantitative estimate of drug-likeness (QED) is 0.633. The van der Waals surface area contributed by atoms with Gasteiger partial charge in [0.2, 0.25) is 0 Å². The molecule has 0 aromatic heterocycles. The second-order valence-corrected chi connectivity index (χ2v) is 4.08. The smallest absolute Gasteiger partial charge is 0.311 e. The highest BCUT2D eigenvalue weighted by molar-refractivity contribution is 9.10. The van der Waals surface area contributed by atoms with Gasteiger partial charge in [0.1, 0.15) is 0 Å². The van der Waals surface area contributed by atoms with Crippen LogP contribution in [0.5, 0.6) is 11.5 Å². The summed E-state index contributed by atoms with van der Waals surface area (Å²) in [5.41, 5.74) is 0. The van der Waals surface area contributed by atoms with Gasteiger partial charge in [-0.1, -0.05) is 19.9 Å². The molecule has 1 aromatic rings. The van der Waals surface area contributed by atoms with E-state index in [1.807, 2.05) is 0 Å². The number of halogens is 1. The van der Waals surface area contributed by atoms with Crippen LogP contribution in [0.2, 0.25) is 0 Å². The number of ether oxygens (including phenoxy) is 2. The van der Waals surface area contributed by atoms with Gasteiger partial charge < -0.3 is 9.47 Å². The molecule has 0 aliphatic heterocycles. The number of rotatable bonds is 4. The fourth-order valence-electron chi connectivity index (χ4n) is 1.05. The maximum absolute atomic E-state index is 11.3. The van der Waals surface area contributed by atoms with Gasteiger partial charge in [-0.25, -0.2) is 0 Å². The Kier molecular flexibility index (Phi) is 5.15. The van der Waals surface area contributed by atoms with Crippen LogP contribution in [0.4, 0.5) is 0 Å². The van der Waals surface area contributed by atoms with E-state index in [1.165, 1.54) is 0 Å². The lowest BCUT2D eigenvalue weighted by Gasteiger charge is -2.10. The molecule has 0 saturated heterocycles. The Labute approximate surface area is 108 Å². The second kappa shape index (κ2) is 6.39. The van der Waals surface area contributed by atoms with Crippen molar-refractivity contribution in [3.8, 4) is 11.5 Å². The van der Waals surface area contributed by atoms with Gasteiger partial charge >= 0.3 is 11.9 Å². The average molecular weight is 301 g/mol. The van der Waals surface area contributed by atoms with E-state index in [0.29, 0.717) is 4.47 Å². The first kappa shape index (κ1) is 13.7. The molecule has 4 nitrogen and oxygen atoms in total. The summed E-state index contributed by atoms with van der Waals surface area (Å²) in [7, 11) is 0. The summed E-state index contributed by atoms with van der Waals surface area (Å²) < 4.78 is 10.8. The summed E-state index contributed by atoms with van der Waals surface area (Å²) in [4.78, 5) is 22.5. The zero-order valence-electron chi connectivity index (χ0n) is 9.66. The van der Waals surface area contributed by atoms with Crippen molar-refractivity contribution < 1.29 is 19.1 Å². The monoisotopic (exact) mass is 300 g/mol. The highest BCUT2D eigenvalue weighted by Gasteiger charge is 2.15. The van der Waals surface area contributed by atoms with Crippen LogP contribution < -0.4 is 9.47 Å². The van der Waals surface area contributed by atoms with E-state index in [0.717, 1.165) is 0 Å². The molecule has 92 valence electrons. The Morgan fingerprint density at radius 1 is 1.12 bits per heavy atom. The Morgan fingerprint density at radius 2 is 1.71 bits per heavy atom. The molecule has 0 unspecified atom stereocenters. The van der Waals surface area contributed by atoms with Gasteiger partial charge in [0.25, 0.3) is 0 Å². The third-order valence-corrected chi connectivity index (χ3v) is 2.57. The lowest BCUT2D eigenvalue weighted by atomic mass is 10.3. The molecule has 17 heavy (non-hydrogen) atoms. The average Bonchev–Trinajstić information content (AvgIpc) is 2.33. The number of benzene rings is 1. The summed E-state index contributed by atoms with van der Waals surface area (Å²) in [6.45, 7) is 3.38. The molecular weight excluding hydrogens is 288 g/mol. The van der Waals surface area contributed by atoms with E-state index < -0.39 is 0 Å². The number of para-hydroxylation sites is 1. The lowest BCUT2D eigenvalue weighted by molar-refractivity contribution is -0.136. The van der Waals surface area contributed by atoms with Crippen LogP contribution in [0.25, 0.3) is 0 Å². The first-order valence-electron chi connectivity index (χ1n) is 5.28. The Bertz CT molecular complexity index is 429. The van der Waals surface area contributed by atoms with Gasteiger partial charge in [0.05, 0.1) is 4.47 Å². The Hall–Kier alpha value is -1.36. The first-order chi connectivity index (χ1) is 8.08. The topological polar surface area (TPSA) is 52.6 Å². The van der Waals surface area contributed by atoms with E-state index in [1.54, 1.807) is 32.0 Å². The molecule has 0 bridgehead atoms. The van der Waals surface area contributed by atoms with Crippen molar-refractivity contribution >= 4 is 27.9 Å². The van der Waals surface area contributed by atoms with Crippen LogP contribution in [0.1, 0.15) is 26.7 Å². The molecule has 0 aliphatic rings. The predicted octanol–water partition coefficient (Wildman–Crippen LogP) is 3.08. The van der Waals surface area contributed by atoms with Gasteiger partial charge in [-0.2, -0.15) is 0 Å². The minimum absolute atomic E-state index is 0.237. The number of carbonyl (C=O) groups is 2. The third-order valence-electron chi connectivity index (χ3n) is 1.95. The normalized spacial score (nSPS) is 9.82. The predicted molar refractivity (Wildman–Crippen MR) is 66.0 cm³/mol. The van der Waals surface area contributed by atoms with Crippen LogP contribution in [0.15, 0.2) is 22.7 Å². The van der Waals surface area contributed by atoms with Crippen LogP contribution >= 0.6 is 15.9 Å². The molecular formula is C12H13BrO4. The number of esters is 2. The summed E-state index contributed by atoms with van der Waals surface area (Å²) in [6.07, 6.45) is 0.510. The van der Waals surface area contributed by atoms with E-state index in [2.05, 4.69) is 15.9 Å². The van der Waals surface area contributed by atoms with E-state index in [4.69, 9.17) is 9.47 Å². The van der Waals surface area contributed by atoms with E-state index in [9.17, 15) is 9.59 Å². The third kappa shape index (κ3) is 3.85. The first-order valence-corrected chi connectivity index (χ1v) is 6.07. The molecule has 0 N–H and O–H groups in total. The second-order valence-electron chi connectivity index (χ2n) is 3.22. The molecule has 0 aliphatic carbocycles. The van der Waals surface area contributed by atoms with Crippen LogP contribution in [0, 0.1) is 0 Å². The molecule has 0 atom stereocenters. The Morgan fingerprint density at radius 3 is 2.29 bits per heavy atom. The molecule has 0 saturated carbocycles. The SMILES string of the molecule is CCC(=O)Oc1cccc(Br)c1OC(=O)CC. The van der Waals surface area contributed by atoms with Crippen molar-refractivity contribution in [1.29, 1.82) is 0 Å². The molecule has 0 spiro atoms. The van der Waals surface area contributed by atoms with Crippen LogP contribution in [-0.2, 0) is 9.59 Å². The Balaban J connectivity index is 2.99. The van der Waals surface area contributed by atoms with E-state index >= 15 is 0 Å². The van der Waals surface area contributed by atoms with Gasteiger partial charge in [0, 0.05) is 12.8 Å². The van der Waals surface area contributed by atoms with Crippen molar-refractivity contribution in [3.05, 3.63) is 22.7 Å². The maximum Gasteiger partial charge on any atom is 0.311 e. The molecule has 5 heteroatoms. The van der Waals surface area contributed by atoms with Gasteiger partial charge in [-0.15, -0.1) is 0 Å². The van der Waals surface area contributed by atoms with Crippen LogP contribution in [-0.4, -0.2) is 11.9 Å². The molecule has 0 fully saturated rings. The summed E-state index contributed by atoms with van der Waals surface area (Å²) in [6, 6.07) is 4.99. The molecule has 0 amide bonds. The fourth-order valence-corrected chi connectivity index (χ4v) is 1.48. The van der Waals surface area contributed by atoms with Gasteiger partial charge in [-0.05, 0) is 28.1 Å². The van der Waals surface area contributed by atoms with Gasteiger partial charge in [-0.3, -0.25) is 9.59 Å². The summed E-state index contributed by atoms with van der Waals surface area (Å²) >= 11 is 3.25. The highest BCUT2D eigenvalue weighted by Crippen LogP contribution is 2.35. The maximum atomic E-state index is 11.3. The zero-order chi connectivity index (χ0) is 12.8. The van der Waals surface area contributed by atoms with Crippen molar-refractivity contribution in [1.82, 2.24) is 0 Å². The minimum atomic E-state index is -0.384. The largest absolute Gasteiger partial charge is 0.422 e. The van der Waals surface area contributed by atoms with Crippen LogP contribution in [0.3, 0.4) is 0 Å². The van der Waals surface area contributed by atoms with Crippen molar-refractivity contribution in [2.75, 3.05) is 0 Å². The minimum Gasteiger partial charge on any atom is -0.422 e. The highest BCUT2D eigenvalue weighted by atomic mass is 79.9. The fraction of sp³-hybridized carbons (Fsp3) is 0.333. The zero-order valence-corrected chi connectivity index (χ0v) is 11.2. The molecule has 1 aromatic carbocycles. The van der Waals surface area contributed by atoms with Crippen molar-refractivity contribution in [3.63, 3.8) is 0 Å².